The zero-order chi connectivity index (χ0) is 37.6. The summed E-state index contributed by atoms with van der Waals surface area (Å²) in [5.74, 6) is 2.23. The van der Waals surface area contributed by atoms with E-state index in [9.17, 15) is 0 Å². The van der Waals surface area contributed by atoms with Crippen LogP contribution < -0.4 is 9.80 Å². The van der Waals surface area contributed by atoms with Gasteiger partial charge in [-0.2, -0.15) is 0 Å². The van der Waals surface area contributed by atoms with Crippen LogP contribution in [0.15, 0.2) is 162 Å². The molecule has 1 atom stereocenters. The van der Waals surface area contributed by atoms with Crippen molar-refractivity contribution in [2.24, 2.45) is 4.99 Å². The normalized spacial score (nSPS) is 17.1. The fourth-order valence-electron chi connectivity index (χ4n) is 7.68. The third-order valence-electron chi connectivity index (χ3n) is 10.4. The first-order valence-electron chi connectivity index (χ1n) is 19.5. The molecule has 1 aromatic heterocycles. The van der Waals surface area contributed by atoms with Gasteiger partial charge in [-0.3, -0.25) is 4.99 Å². The van der Waals surface area contributed by atoms with Crippen LogP contribution in [-0.2, 0) is 0 Å². The third-order valence-corrected chi connectivity index (χ3v) is 10.4. The Balaban J connectivity index is 0.00000210. The molecule has 0 saturated heterocycles. The highest BCUT2D eigenvalue weighted by Gasteiger charge is 2.29. The van der Waals surface area contributed by atoms with E-state index < -0.39 is 0 Å². The van der Waals surface area contributed by atoms with Crippen molar-refractivity contribution in [3.8, 4) is 22.5 Å². The average Bonchev–Trinajstić information content (AvgIpc) is 3.42. The summed E-state index contributed by atoms with van der Waals surface area (Å²) in [7, 11) is 0. The molecule has 0 fully saturated rings. The molecule has 0 N–H and O–H groups in total. The summed E-state index contributed by atoms with van der Waals surface area (Å²) < 4.78 is 0. The third kappa shape index (κ3) is 7.28. The Morgan fingerprint density at radius 3 is 1.91 bits per heavy atom. The van der Waals surface area contributed by atoms with Crippen LogP contribution in [-0.4, -0.2) is 28.3 Å². The molecule has 4 aromatic carbocycles. The molecule has 2 heterocycles. The van der Waals surface area contributed by atoms with Gasteiger partial charge in [0.15, 0.2) is 11.6 Å². The van der Waals surface area contributed by atoms with Crippen molar-refractivity contribution in [1.29, 1.82) is 0 Å². The van der Waals surface area contributed by atoms with Crippen LogP contribution in [0.1, 0.15) is 69.1 Å². The minimum absolute atomic E-state index is 0.000743. The number of fused-ring (bicyclic) bond motifs is 3. The number of hydrogen-bond acceptors (Lipinski definition) is 6. The first kappa shape index (κ1) is 35.6. The van der Waals surface area contributed by atoms with Gasteiger partial charge in [-0.15, -0.1) is 0 Å². The van der Waals surface area contributed by atoms with E-state index in [4.69, 9.17) is 15.0 Å². The quantitative estimate of drug-likeness (QED) is 0.157. The number of benzene rings is 4. The minimum atomic E-state index is 0.000743. The van der Waals surface area contributed by atoms with E-state index in [1.54, 1.807) is 0 Å². The zero-order valence-corrected chi connectivity index (χ0v) is 31.6. The van der Waals surface area contributed by atoms with Gasteiger partial charge in [0.1, 0.15) is 12.5 Å². The first-order valence-corrected chi connectivity index (χ1v) is 19.5. The van der Waals surface area contributed by atoms with E-state index in [1.807, 2.05) is 26.0 Å². The van der Waals surface area contributed by atoms with Gasteiger partial charge < -0.3 is 9.80 Å². The van der Waals surface area contributed by atoms with Crippen molar-refractivity contribution < 1.29 is 0 Å². The lowest BCUT2D eigenvalue weighted by Crippen LogP contribution is -2.34. The molecule has 3 aliphatic carbocycles. The molecule has 6 heteroatoms. The molecule has 0 amide bonds. The molecule has 6 nitrogen and oxygen atoms in total. The highest BCUT2D eigenvalue weighted by molar-refractivity contribution is 5.93. The molecule has 5 aromatic rings. The second-order valence-electron chi connectivity index (χ2n) is 13.7. The standard InChI is InChI=1S/C47H40N6.C2H6/c1-48-41-23-10-13-26-44(41)53-32-52(42-24-11-8-21-39(42)40-22-9-12-25-43(40)53)38-29-27-35(28-30-38)46-49-45(34-17-6-3-7-18-34)50-47(51-46)37-20-14-19-36(31-37)33-15-4-2-5-16-33;1-2/h4,6,8-27,29-31,35H,1-3,5,7,28,32H2;1-2H3. The van der Waals surface area contributed by atoms with Crippen LogP contribution in [0.2, 0.25) is 0 Å². The van der Waals surface area contributed by atoms with Crippen LogP contribution in [0.25, 0.3) is 33.7 Å². The lowest BCUT2D eigenvalue weighted by Gasteiger charge is -2.34. The Labute approximate surface area is 325 Å². The van der Waals surface area contributed by atoms with E-state index in [-0.39, 0.29) is 5.92 Å². The molecule has 1 unspecified atom stereocenters. The Kier molecular flexibility index (Phi) is 10.6. The van der Waals surface area contributed by atoms with Gasteiger partial charge in [-0.05, 0) is 86.4 Å². The van der Waals surface area contributed by atoms with E-state index in [0.717, 1.165) is 83.3 Å². The fraction of sp³-hybridized carbons (Fsp3) is 0.184. The fourth-order valence-corrected chi connectivity index (χ4v) is 7.68. The average molecular weight is 719 g/mol. The molecule has 55 heavy (non-hydrogen) atoms. The topological polar surface area (TPSA) is 57.5 Å². The van der Waals surface area contributed by atoms with Gasteiger partial charge in [-0.25, -0.2) is 15.0 Å². The maximum atomic E-state index is 5.17. The Bertz CT molecular complexity index is 2410. The van der Waals surface area contributed by atoms with E-state index in [0.29, 0.717) is 12.5 Å². The number of anilines is 3. The van der Waals surface area contributed by atoms with Gasteiger partial charge in [0.2, 0.25) is 0 Å². The number of rotatable bonds is 7. The summed E-state index contributed by atoms with van der Waals surface area (Å²) in [6, 6.07) is 34.1. The van der Waals surface area contributed by atoms with Gasteiger partial charge in [-0.1, -0.05) is 129 Å². The summed E-state index contributed by atoms with van der Waals surface area (Å²) in [5.41, 5.74) is 12.1. The largest absolute Gasteiger partial charge is 0.323 e. The number of aromatic nitrogens is 3. The molecule has 0 spiro atoms. The van der Waals surface area contributed by atoms with Crippen molar-refractivity contribution in [3.05, 3.63) is 175 Å². The Hall–Kier alpha value is -6.40. The van der Waals surface area contributed by atoms with Crippen LogP contribution >= 0.6 is 0 Å². The number of para-hydroxylation sites is 4. The number of hydrogen-bond donors (Lipinski definition) is 0. The number of nitrogens with zero attached hydrogens (tertiary/aromatic N) is 6. The number of allylic oxidation sites excluding steroid dienone is 11. The highest BCUT2D eigenvalue weighted by atomic mass is 15.3. The number of aliphatic imine (C=N–C) groups is 1. The second-order valence-corrected chi connectivity index (χ2v) is 13.7. The predicted octanol–water partition coefficient (Wildman–Crippen LogP) is 12.6. The molecule has 4 aliphatic rings. The minimum Gasteiger partial charge on any atom is -0.323 e. The summed E-state index contributed by atoms with van der Waals surface area (Å²) in [5, 5.41) is 0. The molecule has 9 rings (SSSR count). The Morgan fingerprint density at radius 2 is 1.24 bits per heavy atom. The zero-order valence-electron chi connectivity index (χ0n) is 31.6. The van der Waals surface area contributed by atoms with Gasteiger partial charge in [0.05, 0.1) is 22.7 Å². The first-order chi connectivity index (χ1) is 27.2. The molecule has 0 bridgehead atoms. The molecular formula is C49H46N6. The summed E-state index contributed by atoms with van der Waals surface area (Å²) in [6.45, 7) is 8.50. The highest BCUT2D eigenvalue weighted by Crippen LogP contribution is 2.46. The molecule has 0 radical (unpaired) electrons. The summed E-state index contributed by atoms with van der Waals surface area (Å²) in [4.78, 5) is 24.5. The monoisotopic (exact) mass is 718 g/mol. The summed E-state index contributed by atoms with van der Waals surface area (Å²) in [6.07, 6.45) is 25.2. The van der Waals surface area contributed by atoms with Gasteiger partial charge in [0.25, 0.3) is 0 Å². The van der Waals surface area contributed by atoms with Crippen LogP contribution in [0.4, 0.5) is 22.7 Å². The molecule has 272 valence electrons. The lowest BCUT2D eigenvalue weighted by molar-refractivity contribution is 0.745. The van der Waals surface area contributed by atoms with Crippen molar-refractivity contribution in [1.82, 2.24) is 15.0 Å². The van der Waals surface area contributed by atoms with Crippen molar-refractivity contribution in [2.45, 2.75) is 51.9 Å². The predicted molar refractivity (Wildman–Crippen MR) is 231 cm³/mol. The van der Waals surface area contributed by atoms with Crippen LogP contribution in [0, 0.1) is 0 Å². The van der Waals surface area contributed by atoms with Crippen molar-refractivity contribution in [3.63, 3.8) is 0 Å². The smallest absolute Gasteiger partial charge is 0.163 e. The maximum Gasteiger partial charge on any atom is 0.163 e. The van der Waals surface area contributed by atoms with E-state index in [2.05, 4.69) is 161 Å². The van der Waals surface area contributed by atoms with Crippen molar-refractivity contribution >= 4 is 40.6 Å². The van der Waals surface area contributed by atoms with Crippen molar-refractivity contribution in [2.75, 3.05) is 16.5 Å². The maximum absolute atomic E-state index is 5.17. The molecule has 0 saturated carbocycles. The van der Waals surface area contributed by atoms with Crippen LogP contribution in [0.5, 0.6) is 0 Å². The lowest BCUT2D eigenvalue weighted by atomic mass is 9.96. The van der Waals surface area contributed by atoms with Gasteiger partial charge >= 0.3 is 0 Å². The Morgan fingerprint density at radius 1 is 0.600 bits per heavy atom. The molecule has 1 aliphatic heterocycles. The summed E-state index contributed by atoms with van der Waals surface area (Å²) >= 11 is 0. The SMILES string of the molecule is C=Nc1ccccc1N1CN(C2=CCC(c3nc(C4=CCCC=C4)nc(-c4cccc(C5=CCCC=C5)c4)n3)C=C2)c2ccccc2-c2ccccc21.CC. The van der Waals surface area contributed by atoms with Crippen LogP contribution in [0.3, 0.4) is 0 Å². The second kappa shape index (κ2) is 16.3. The molecular weight excluding hydrogens is 673 g/mol. The van der Waals surface area contributed by atoms with Gasteiger partial charge in [0, 0.05) is 33.9 Å². The van der Waals surface area contributed by atoms with E-state index >= 15 is 0 Å². The van der Waals surface area contributed by atoms with E-state index in [1.165, 1.54) is 22.3 Å².